The second-order valence-corrected chi connectivity index (χ2v) is 7.21. The Labute approximate surface area is 140 Å². The Balaban J connectivity index is 1.58. The summed E-state index contributed by atoms with van der Waals surface area (Å²) < 4.78 is 27.5. The molecule has 3 rings (SSSR count). The Morgan fingerprint density at radius 3 is 2.29 bits per heavy atom. The number of rotatable bonds is 4. The summed E-state index contributed by atoms with van der Waals surface area (Å²) in [6, 6.07) is 12.7. The quantitative estimate of drug-likeness (QED) is 0.884. The minimum absolute atomic E-state index is 0.00413. The van der Waals surface area contributed by atoms with Crippen LogP contribution < -0.4 is 5.14 Å². The Morgan fingerprint density at radius 2 is 1.71 bits per heavy atom. The molecule has 0 spiro atoms. The van der Waals surface area contributed by atoms with Crippen LogP contribution in [0.4, 0.5) is 0 Å². The van der Waals surface area contributed by atoms with Gasteiger partial charge in [-0.1, -0.05) is 30.3 Å². The number of carbonyl (C=O) groups is 1. The average Bonchev–Trinajstić information content (AvgIpc) is 3.06. The van der Waals surface area contributed by atoms with Crippen molar-refractivity contribution >= 4 is 15.9 Å². The van der Waals surface area contributed by atoms with Crippen molar-refractivity contribution in [3.63, 3.8) is 0 Å². The van der Waals surface area contributed by atoms with Crippen LogP contribution in [0.25, 0.3) is 0 Å². The van der Waals surface area contributed by atoms with E-state index in [2.05, 4.69) is 17.0 Å². The maximum atomic E-state index is 12.4. The smallest absolute Gasteiger partial charge is 0.289 e. The molecule has 1 aromatic carbocycles. The zero-order valence-corrected chi connectivity index (χ0v) is 13.9. The van der Waals surface area contributed by atoms with Gasteiger partial charge < -0.3 is 9.32 Å². The van der Waals surface area contributed by atoms with Crippen molar-refractivity contribution in [2.75, 3.05) is 26.2 Å². The molecule has 0 unspecified atom stereocenters. The number of carbonyl (C=O) groups excluding carboxylic acids is 1. The lowest BCUT2D eigenvalue weighted by molar-refractivity contribution is 0.0592. The molecule has 1 aliphatic heterocycles. The summed E-state index contributed by atoms with van der Waals surface area (Å²) in [4.78, 5) is 16.3. The monoisotopic (exact) mass is 349 g/mol. The van der Waals surface area contributed by atoms with Crippen molar-refractivity contribution in [2.24, 2.45) is 5.14 Å². The number of hydrogen-bond acceptors (Lipinski definition) is 5. The molecule has 0 saturated carbocycles. The molecule has 2 aromatic rings. The fourth-order valence-corrected chi connectivity index (χ4v) is 3.16. The Bertz CT molecular complexity index is 809. The molecule has 1 amide bonds. The zero-order chi connectivity index (χ0) is 17.2. The molecule has 1 aromatic heterocycles. The topological polar surface area (TPSA) is 96.8 Å². The standard InChI is InChI=1S/C16H19N3O4S/c17-24(21,22)15-7-6-14(23-15)16(20)19-10-8-18(9-11-19)12-13-4-2-1-3-5-13/h1-7H,8-12H2,(H2,17,21,22). The van der Waals surface area contributed by atoms with Crippen LogP contribution in [0.15, 0.2) is 52.0 Å². The van der Waals surface area contributed by atoms with Crippen LogP contribution in [0.3, 0.4) is 0 Å². The van der Waals surface area contributed by atoms with Gasteiger partial charge in [-0.2, -0.15) is 0 Å². The van der Waals surface area contributed by atoms with Crippen LogP contribution in [0.5, 0.6) is 0 Å². The molecule has 0 bridgehead atoms. The number of furan rings is 1. The molecule has 1 fully saturated rings. The van der Waals surface area contributed by atoms with Gasteiger partial charge in [-0.05, 0) is 17.7 Å². The van der Waals surface area contributed by atoms with E-state index in [1.807, 2.05) is 18.2 Å². The number of sulfonamides is 1. The number of nitrogens with two attached hydrogens (primary N) is 1. The lowest BCUT2D eigenvalue weighted by Crippen LogP contribution is -2.48. The molecule has 7 nitrogen and oxygen atoms in total. The van der Waals surface area contributed by atoms with E-state index in [0.717, 1.165) is 19.6 Å². The first-order valence-electron chi connectivity index (χ1n) is 7.62. The van der Waals surface area contributed by atoms with Gasteiger partial charge in [0, 0.05) is 32.7 Å². The van der Waals surface area contributed by atoms with Gasteiger partial charge >= 0.3 is 0 Å². The fourth-order valence-electron chi connectivity index (χ4n) is 2.69. The van der Waals surface area contributed by atoms with Crippen LogP contribution in [-0.4, -0.2) is 50.3 Å². The number of amides is 1. The highest BCUT2D eigenvalue weighted by Crippen LogP contribution is 2.16. The molecule has 128 valence electrons. The first-order valence-corrected chi connectivity index (χ1v) is 9.16. The maximum Gasteiger partial charge on any atom is 0.289 e. The number of nitrogens with zero attached hydrogens (tertiary/aromatic N) is 2. The van der Waals surface area contributed by atoms with Crippen molar-refractivity contribution in [1.82, 2.24) is 9.80 Å². The minimum Gasteiger partial charge on any atom is -0.438 e. The van der Waals surface area contributed by atoms with Gasteiger partial charge in [0.05, 0.1) is 0 Å². The van der Waals surface area contributed by atoms with E-state index in [1.165, 1.54) is 17.7 Å². The third-order valence-electron chi connectivity index (χ3n) is 3.98. The van der Waals surface area contributed by atoms with E-state index >= 15 is 0 Å². The van der Waals surface area contributed by atoms with Gasteiger partial charge in [0.1, 0.15) is 0 Å². The van der Waals surface area contributed by atoms with E-state index in [-0.39, 0.29) is 11.7 Å². The number of primary sulfonamides is 1. The molecule has 2 heterocycles. The molecular weight excluding hydrogens is 330 g/mol. The van der Waals surface area contributed by atoms with Crippen LogP contribution in [0.2, 0.25) is 0 Å². The summed E-state index contributed by atoms with van der Waals surface area (Å²) >= 11 is 0. The van der Waals surface area contributed by atoms with Crippen LogP contribution in [0, 0.1) is 0 Å². The summed E-state index contributed by atoms with van der Waals surface area (Å²) in [5.74, 6) is -0.320. The van der Waals surface area contributed by atoms with Crippen LogP contribution >= 0.6 is 0 Å². The van der Waals surface area contributed by atoms with Crippen molar-refractivity contribution in [2.45, 2.75) is 11.6 Å². The van der Waals surface area contributed by atoms with E-state index in [9.17, 15) is 13.2 Å². The van der Waals surface area contributed by atoms with Crippen LogP contribution in [-0.2, 0) is 16.6 Å². The van der Waals surface area contributed by atoms with E-state index in [0.29, 0.717) is 13.1 Å². The largest absolute Gasteiger partial charge is 0.438 e. The Kier molecular flexibility index (Phi) is 4.70. The zero-order valence-electron chi connectivity index (χ0n) is 13.1. The average molecular weight is 349 g/mol. The summed E-state index contributed by atoms with van der Waals surface area (Å²) in [7, 11) is -3.94. The summed E-state index contributed by atoms with van der Waals surface area (Å²) in [6.07, 6.45) is 0. The maximum absolute atomic E-state index is 12.4. The van der Waals surface area contributed by atoms with E-state index < -0.39 is 15.1 Å². The summed E-state index contributed by atoms with van der Waals surface area (Å²) in [5.41, 5.74) is 1.24. The predicted molar refractivity (Wildman–Crippen MR) is 87.7 cm³/mol. The lowest BCUT2D eigenvalue weighted by atomic mass is 10.2. The number of benzene rings is 1. The molecule has 0 atom stereocenters. The summed E-state index contributed by atoms with van der Waals surface area (Å²) in [5, 5.41) is 4.59. The molecule has 1 saturated heterocycles. The molecule has 0 aliphatic carbocycles. The molecule has 1 aliphatic rings. The van der Waals surface area contributed by atoms with E-state index in [1.54, 1.807) is 4.90 Å². The van der Waals surface area contributed by atoms with Gasteiger partial charge in [-0.15, -0.1) is 0 Å². The molecular formula is C16H19N3O4S. The first-order chi connectivity index (χ1) is 11.4. The molecule has 24 heavy (non-hydrogen) atoms. The van der Waals surface area contributed by atoms with Crippen molar-refractivity contribution in [3.05, 3.63) is 53.8 Å². The third-order valence-corrected chi connectivity index (χ3v) is 4.76. The summed E-state index contributed by atoms with van der Waals surface area (Å²) in [6.45, 7) is 3.49. The predicted octanol–water partition coefficient (Wildman–Crippen LogP) is 0.885. The Hall–Kier alpha value is -2.16. The van der Waals surface area contributed by atoms with Crippen molar-refractivity contribution in [3.8, 4) is 0 Å². The second-order valence-electron chi connectivity index (χ2n) is 5.72. The minimum atomic E-state index is -3.94. The molecule has 8 heteroatoms. The van der Waals surface area contributed by atoms with Gasteiger partial charge in [0.15, 0.2) is 5.76 Å². The molecule has 2 N–H and O–H groups in total. The van der Waals surface area contributed by atoms with Gasteiger partial charge in [-0.3, -0.25) is 9.69 Å². The van der Waals surface area contributed by atoms with Crippen molar-refractivity contribution < 1.29 is 17.6 Å². The van der Waals surface area contributed by atoms with Gasteiger partial charge in [0.2, 0.25) is 5.09 Å². The van der Waals surface area contributed by atoms with Crippen molar-refractivity contribution in [1.29, 1.82) is 0 Å². The van der Waals surface area contributed by atoms with Crippen LogP contribution in [0.1, 0.15) is 16.1 Å². The first kappa shape index (κ1) is 16.7. The normalized spacial score (nSPS) is 16.3. The SMILES string of the molecule is NS(=O)(=O)c1ccc(C(=O)N2CCN(Cc3ccccc3)CC2)o1. The van der Waals surface area contributed by atoms with E-state index in [4.69, 9.17) is 9.56 Å². The highest BCUT2D eigenvalue weighted by atomic mass is 32.2. The highest BCUT2D eigenvalue weighted by Gasteiger charge is 2.25. The second kappa shape index (κ2) is 6.76. The fraction of sp³-hybridized carbons (Fsp3) is 0.312. The lowest BCUT2D eigenvalue weighted by Gasteiger charge is -2.34. The highest BCUT2D eigenvalue weighted by molar-refractivity contribution is 7.89. The number of hydrogen-bond donors (Lipinski definition) is 1. The third kappa shape index (κ3) is 3.84. The number of piperazine rings is 1. The Morgan fingerprint density at radius 1 is 1.04 bits per heavy atom. The van der Waals surface area contributed by atoms with Gasteiger partial charge in [0.25, 0.3) is 15.9 Å². The van der Waals surface area contributed by atoms with Gasteiger partial charge in [-0.25, -0.2) is 13.6 Å². The molecule has 0 radical (unpaired) electrons.